The van der Waals surface area contributed by atoms with Gasteiger partial charge in [-0.05, 0) is 88.9 Å². The number of ether oxygens (including phenoxy) is 4. The molecule has 0 aliphatic carbocycles. The Morgan fingerprint density at radius 2 is 1.86 bits per heavy atom. The SMILES string of the molecule is CCOC(=O)C1=C(C)NC(=O)N[C@H]1c1ccc(OCC(=O)N/N=C/c2ccc(OCc3cccc(Cl)c3)c(Br)c2)c(OC)c1. The van der Waals surface area contributed by atoms with Gasteiger partial charge < -0.3 is 29.6 Å². The Bertz CT molecular complexity index is 1610. The van der Waals surface area contributed by atoms with Crippen LogP contribution in [0.5, 0.6) is 17.2 Å². The number of carbonyl (C=O) groups is 3. The smallest absolute Gasteiger partial charge is 0.338 e. The van der Waals surface area contributed by atoms with E-state index in [1.165, 1.54) is 13.3 Å². The molecule has 0 radical (unpaired) electrons. The Kier molecular flexibility index (Phi) is 11.2. The standard InChI is InChI=1S/C31H30BrClN4O7/c1-4-42-30(39)28-18(2)35-31(40)36-29(28)21-9-11-25(26(14-21)41-3)44-17-27(38)37-34-15-19-8-10-24(23(32)13-19)43-16-20-6-5-7-22(33)12-20/h5-15,29H,4,16-17H2,1-3H3,(H,37,38)(H2,35,36,40)/b34-15+/t29-/m0/s1. The van der Waals surface area contributed by atoms with Crippen LogP contribution in [0, 0.1) is 0 Å². The van der Waals surface area contributed by atoms with Gasteiger partial charge in [-0.1, -0.05) is 29.8 Å². The molecule has 1 atom stereocenters. The van der Waals surface area contributed by atoms with Gasteiger partial charge in [-0.3, -0.25) is 4.79 Å². The van der Waals surface area contributed by atoms with Crippen molar-refractivity contribution in [3.63, 3.8) is 0 Å². The number of amides is 3. The summed E-state index contributed by atoms with van der Waals surface area (Å²) >= 11 is 9.52. The van der Waals surface area contributed by atoms with E-state index in [0.717, 1.165) is 15.6 Å². The summed E-state index contributed by atoms with van der Waals surface area (Å²) in [5.41, 5.74) is 5.31. The summed E-state index contributed by atoms with van der Waals surface area (Å²) in [6.07, 6.45) is 1.49. The number of esters is 1. The van der Waals surface area contributed by atoms with Crippen molar-refractivity contribution in [3.05, 3.63) is 98.1 Å². The highest BCUT2D eigenvalue weighted by Crippen LogP contribution is 2.34. The number of benzene rings is 3. The molecule has 11 nitrogen and oxygen atoms in total. The molecule has 0 fully saturated rings. The van der Waals surface area contributed by atoms with E-state index >= 15 is 0 Å². The van der Waals surface area contributed by atoms with E-state index in [1.807, 2.05) is 18.2 Å². The summed E-state index contributed by atoms with van der Waals surface area (Å²) in [4.78, 5) is 37.1. The lowest BCUT2D eigenvalue weighted by atomic mass is 9.95. The zero-order valence-corrected chi connectivity index (χ0v) is 26.5. The molecule has 3 amide bonds. The van der Waals surface area contributed by atoms with Crippen LogP contribution >= 0.6 is 27.5 Å². The van der Waals surface area contributed by atoms with E-state index in [-0.39, 0.29) is 24.5 Å². The maximum absolute atomic E-state index is 12.6. The predicted molar refractivity (Wildman–Crippen MR) is 168 cm³/mol. The van der Waals surface area contributed by atoms with Crippen LogP contribution in [-0.4, -0.2) is 44.4 Å². The number of nitrogens with one attached hydrogen (secondary N) is 3. The molecule has 3 aromatic rings. The third kappa shape index (κ3) is 8.51. The van der Waals surface area contributed by atoms with Gasteiger partial charge in [-0.25, -0.2) is 15.0 Å². The van der Waals surface area contributed by atoms with Crippen LogP contribution in [0.3, 0.4) is 0 Å². The molecule has 0 unspecified atom stereocenters. The first kappa shape index (κ1) is 32.4. The summed E-state index contributed by atoms with van der Waals surface area (Å²) in [5.74, 6) is 0.178. The average molecular weight is 686 g/mol. The van der Waals surface area contributed by atoms with E-state index in [1.54, 1.807) is 56.3 Å². The number of allylic oxidation sites excluding steroid dienone is 1. The van der Waals surface area contributed by atoms with E-state index in [2.05, 4.69) is 37.1 Å². The van der Waals surface area contributed by atoms with Crippen molar-refractivity contribution >= 4 is 51.7 Å². The number of nitrogens with zero attached hydrogens (tertiary/aromatic N) is 1. The number of urea groups is 1. The summed E-state index contributed by atoms with van der Waals surface area (Å²) in [5, 5.41) is 9.96. The van der Waals surface area contributed by atoms with Gasteiger partial charge in [0.25, 0.3) is 5.91 Å². The van der Waals surface area contributed by atoms with Crippen molar-refractivity contribution in [2.45, 2.75) is 26.5 Å². The van der Waals surface area contributed by atoms with Gasteiger partial charge in [-0.15, -0.1) is 0 Å². The molecule has 44 heavy (non-hydrogen) atoms. The fourth-order valence-corrected chi connectivity index (χ4v) is 4.99. The minimum absolute atomic E-state index is 0.183. The second kappa shape index (κ2) is 15.3. The fourth-order valence-electron chi connectivity index (χ4n) is 4.26. The molecule has 13 heteroatoms. The Labute approximate surface area is 267 Å². The van der Waals surface area contributed by atoms with Crippen LogP contribution in [-0.2, 0) is 20.9 Å². The highest BCUT2D eigenvalue weighted by Gasteiger charge is 2.32. The average Bonchev–Trinajstić information content (AvgIpc) is 2.99. The lowest BCUT2D eigenvalue weighted by Gasteiger charge is -2.28. The highest BCUT2D eigenvalue weighted by atomic mass is 79.9. The molecule has 1 aliphatic heterocycles. The number of hydrogen-bond acceptors (Lipinski definition) is 8. The number of hydrazone groups is 1. The third-order valence-electron chi connectivity index (χ3n) is 6.29. The minimum Gasteiger partial charge on any atom is -0.493 e. The molecule has 4 rings (SSSR count). The van der Waals surface area contributed by atoms with E-state index in [0.29, 0.717) is 34.4 Å². The van der Waals surface area contributed by atoms with E-state index in [9.17, 15) is 14.4 Å². The molecule has 1 aliphatic rings. The molecule has 0 spiro atoms. The molecule has 1 heterocycles. The molecule has 0 saturated heterocycles. The Balaban J connectivity index is 1.33. The summed E-state index contributed by atoms with van der Waals surface area (Å²) in [7, 11) is 1.44. The van der Waals surface area contributed by atoms with Gasteiger partial charge >= 0.3 is 12.0 Å². The second-order valence-corrected chi connectivity index (χ2v) is 10.7. The summed E-state index contributed by atoms with van der Waals surface area (Å²) in [6.45, 7) is 3.52. The van der Waals surface area contributed by atoms with Gasteiger partial charge in [0.05, 0.1) is 36.0 Å². The second-order valence-electron chi connectivity index (χ2n) is 9.39. The maximum atomic E-state index is 12.6. The molecule has 3 N–H and O–H groups in total. The van der Waals surface area contributed by atoms with Gasteiger partial charge in [0.1, 0.15) is 12.4 Å². The Morgan fingerprint density at radius 3 is 2.59 bits per heavy atom. The van der Waals surface area contributed by atoms with Crippen molar-refractivity contribution in [1.82, 2.24) is 16.1 Å². The quantitative estimate of drug-likeness (QED) is 0.132. The summed E-state index contributed by atoms with van der Waals surface area (Å²) in [6, 6.07) is 16.5. The van der Waals surface area contributed by atoms with Crippen molar-refractivity contribution in [2.24, 2.45) is 5.10 Å². The monoisotopic (exact) mass is 684 g/mol. The first-order valence-electron chi connectivity index (χ1n) is 13.4. The molecule has 3 aromatic carbocycles. The van der Waals surface area contributed by atoms with E-state index < -0.39 is 23.9 Å². The third-order valence-corrected chi connectivity index (χ3v) is 7.14. The minimum atomic E-state index is -0.771. The van der Waals surface area contributed by atoms with Gasteiger partial charge in [-0.2, -0.15) is 5.10 Å². The van der Waals surface area contributed by atoms with Gasteiger partial charge in [0.2, 0.25) is 0 Å². The normalized spacial score (nSPS) is 14.5. The first-order chi connectivity index (χ1) is 21.2. The number of carbonyl (C=O) groups excluding carboxylic acids is 3. The van der Waals surface area contributed by atoms with Crippen molar-refractivity contribution < 1.29 is 33.3 Å². The number of halogens is 2. The zero-order chi connectivity index (χ0) is 31.6. The number of methoxy groups -OCH3 is 1. The number of hydrogen-bond donors (Lipinski definition) is 3. The van der Waals surface area contributed by atoms with Crippen LogP contribution in [0.15, 0.2) is 81.5 Å². The molecular formula is C31H30BrClN4O7. The molecule has 0 saturated carbocycles. The van der Waals surface area contributed by atoms with E-state index in [4.69, 9.17) is 30.5 Å². The zero-order valence-electron chi connectivity index (χ0n) is 24.1. The lowest BCUT2D eigenvalue weighted by Crippen LogP contribution is -2.45. The maximum Gasteiger partial charge on any atom is 0.338 e. The Hall–Kier alpha value is -4.55. The highest BCUT2D eigenvalue weighted by molar-refractivity contribution is 9.10. The van der Waals surface area contributed by atoms with Crippen LogP contribution in [0.25, 0.3) is 0 Å². The lowest BCUT2D eigenvalue weighted by molar-refractivity contribution is -0.139. The molecule has 230 valence electrons. The van der Waals surface area contributed by atoms with Crippen molar-refractivity contribution in [2.75, 3.05) is 20.3 Å². The number of rotatable bonds is 12. The predicted octanol–water partition coefficient (Wildman–Crippen LogP) is 5.41. The first-order valence-corrected chi connectivity index (χ1v) is 14.6. The Morgan fingerprint density at radius 1 is 1.07 bits per heavy atom. The summed E-state index contributed by atoms with van der Waals surface area (Å²) < 4.78 is 22.8. The topological polar surface area (TPSA) is 137 Å². The van der Waals surface area contributed by atoms with Gasteiger partial charge in [0, 0.05) is 10.7 Å². The molecular weight excluding hydrogens is 656 g/mol. The van der Waals surface area contributed by atoms with Gasteiger partial charge in [0.15, 0.2) is 18.1 Å². The van der Waals surface area contributed by atoms with Crippen molar-refractivity contribution in [3.8, 4) is 17.2 Å². The van der Waals surface area contributed by atoms with Crippen LogP contribution < -0.4 is 30.3 Å². The van der Waals surface area contributed by atoms with Crippen LogP contribution in [0.1, 0.15) is 36.6 Å². The fraction of sp³-hybridized carbons (Fsp3) is 0.226. The van der Waals surface area contributed by atoms with Crippen LogP contribution in [0.2, 0.25) is 5.02 Å². The molecule has 0 bridgehead atoms. The largest absolute Gasteiger partial charge is 0.493 e. The van der Waals surface area contributed by atoms with Crippen LogP contribution in [0.4, 0.5) is 4.79 Å². The van der Waals surface area contributed by atoms with Crippen molar-refractivity contribution in [1.29, 1.82) is 0 Å². The molecule has 0 aromatic heterocycles.